The molecule has 5 nitrogen and oxygen atoms in total. The van der Waals surface area contributed by atoms with Gasteiger partial charge in [0.05, 0.1) is 0 Å². The molecule has 0 aliphatic carbocycles. The average Bonchev–Trinajstić information content (AvgIpc) is 3.00. The molecule has 1 aliphatic rings. The minimum atomic E-state index is -4.62. The number of hydrogen-bond donors (Lipinski definition) is 1. The minimum absolute atomic E-state index is 0.00887. The van der Waals surface area contributed by atoms with Crippen molar-refractivity contribution in [3.63, 3.8) is 0 Å². The highest BCUT2D eigenvalue weighted by atomic mass is 32.2. The van der Waals surface area contributed by atoms with E-state index in [1.165, 1.54) is 9.80 Å². The number of anilines is 2. The summed E-state index contributed by atoms with van der Waals surface area (Å²) >= 11 is 1.24. The number of carbonyl (C=O) groups excluding carboxylic acids is 1. The van der Waals surface area contributed by atoms with Crippen molar-refractivity contribution in [2.24, 2.45) is 5.14 Å². The molecule has 130 valence electrons. The van der Waals surface area contributed by atoms with Crippen molar-refractivity contribution in [2.45, 2.75) is 16.8 Å². The van der Waals surface area contributed by atoms with E-state index in [1.54, 1.807) is 24.3 Å². The van der Waals surface area contributed by atoms with Crippen molar-refractivity contribution in [1.82, 2.24) is 4.98 Å². The second-order valence-corrected chi connectivity index (χ2v) is 7.16. The Hall–Kier alpha value is -1.72. The van der Waals surface area contributed by atoms with Crippen LogP contribution < -0.4 is 20.4 Å². The SMILES string of the molecule is [B]c1ccc(N2CCCN(c3nc(C(F)(F)F)c(SN)s3)C2=O)cc1. The molecule has 2 N–H and O–H groups in total. The summed E-state index contributed by atoms with van der Waals surface area (Å²) in [5.74, 6) is 0. The van der Waals surface area contributed by atoms with Gasteiger partial charge in [-0.1, -0.05) is 28.9 Å². The Kier molecular flexibility index (Phi) is 4.98. The normalized spacial score (nSPS) is 15.8. The lowest BCUT2D eigenvalue weighted by Gasteiger charge is -2.34. The van der Waals surface area contributed by atoms with Gasteiger partial charge in [-0.05, 0) is 30.5 Å². The van der Waals surface area contributed by atoms with Crippen LogP contribution in [-0.2, 0) is 6.18 Å². The highest BCUT2D eigenvalue weighted by Gasteiger charge is 2.39. The average molecular weight is 384 g/mol. The van der Waals surface area contributed by atoms with E-state index in [4.69, 9.17) is 13.0 Å². The molecule has 0 atom stereocenters. The Bertz CT molecular complexity index is 781. The number of halogens is 3. The van der Waals surface area contributed by atoms with E-state index >= 15 is 0 Å². The first-order chi connectivity index (χ1) is 11.8. The van der Waals surface area contributed by atoms with E-state index in [9.17, 15) is 18.0 Å². The number of aromatic nitrogens is 1. The summed E-state index contributed by atoms with van der Waals surface area (Å²) in [6, 6.07) is 6.29. The first-order valence-corrected chi connectivity index (χ1v) is 8.90. The van der Waals surface area contributed by atoms with Crippen LogP contribution in [0.15, 0.2) is 28.5 Å². The van der Waals surface area contributed by atoms with E-state index in [1.807, 2.05) is 0 Å². The quantitative estimate of drug-likeness (QED) is 0.653. The molecule has 0 spiro atoms. The van der Waals surface area contributed by atoms with Gasteiger partial charge in [-0.3, -0.25) is 14.9 Å². The molecule has 11 heteroatoms. The van der Waals surface area contributed by atoms with E-state index in [0.29, 0.717) is 42.6 Å². The predicted molar refractivity (Wildman–Crippen MR) is 93.7 cm³/mol. The lowest BCUT2D eigenvalue weighted by Crippen LogP contribution is -2.49. The van der Waals surface area contributed by atoms with E-state index in [-0.39, 0.29) is 9.34 Å². The van der Waals surface area contributed by atoms with Gasteiger partial charge in [0.15, 0.2) is 10.8 Å². The summed E-state index contributed by atoms with van der Waals surface area (Å²) in [6.07, 6.45) is -4.02. The zero-order chi connectivity index (χ0) is 18.2. The standard InChI is InChI=1S/C14H12BF3N4OS2/c15-8-2-4-9(5-3-8)21-6-1-7-22(13(21)23)12-20-10(14(16,17)18)11(24-12)25-19/h2-5H,1,6-7,19H2. The molecule has 2 amide bonds. The molecule has 2 heterocycles. The molecule has 0 saturated carbocycles. The number of thiazole rings is 1. The number of alkyl halides is 3. The maximum absolute atomic E-state index is 13.0. The number of nitrogens with zero attached hydrogens (tertiary/aromatic N) is 3. The van der Waals surface area contributed by atoms with Crippen LogP contribution in [-0.4, -0.2) is 32.0 Å². The van der Waals surface area contributed by atoms with Gasteiger partial charge < -0.3 is 0 Å². The van der Waals surface area contributed by atoms with Gasteiger partial charge in [0.25, 0.3) is 0 Å². The molecular formula is C14H12BF3N4OS2. The molecule has 1 aromatic carbocycles. The molecule has 0 unspecified atom stereocenters. The largest absolute Gasteiger partial charge is 0.435 e. The van der Waals surface area contributed by atoms with Crippen LogP contribution in [0.5, 0.6) is 0 Å². The fraction of sp³-hybridized carbons (Fsp3) is 0.286. The second-order valence-electron chi connectivity index (χ2n) is 5.28. The Morgan fingerprint density at radius 2 is 1.84 bits per heavy atom. The highest BCUT2D eigenvalue weighted by molar-refractivity contribution is 7.99. The first kappa shape index (κ1) is 18.1. The second kappa shape index (κ2) is 6.89. The topological polar surface area (TPSA) is 62.5 Å². The van der Waals surface area contributed by atoms with Crippen molar-refractivity contribution >= 4 is 53.4 Å². The monoisotopic (exact) mass is 384 g/mol. The Morgan fingerprint density at radius 1 is 1.20 bits per heavy atom. The summed E-state index contributed by atoms with van der Waals surface area (Å²) in [5, 5.41) is 5.31. The summed E-state index contributed by atoms with van der Waals surface area (Å²) < 4.78 is 39.0. The van der Waals surface area contributed by atoms with Crippen LogP contribution in [0.25, 0.3) is 0 Å². The number of amides is 2. The molecule has 3 rings (SSSR count). The van der Waals surface area contributed by atoms with Crippen LogP contribution in [0.4, 0.5) is 28.8 Å². The third-order valence-electron chi connectivity index (χ3n) is 3.62. The summed E-state index contributed by atoms with van der Waals surface area (Å²) in [7, 11) is 5.64. The lowest BCUT2D eigenvalue weighted by molar-refractivity contribution is -0.142. The van der Waals surface area contributed by atoms with Gasteiger partial charge in [0.2, 0.25) is 0 Å². The van der Waals surface area contributed by atoms with Gasteiger partial charge in [-0.15, -0.1) is 0 Å². The highest BCUT2D eigenvalue weighted by Crippen LogP contribution is 2.41. The zero-order valence-electron chi connectivity index (χ0n) is 12.8. The number of carbonyl (C=O) groups is 1. The summed E-state index contributed by atoms with van der Waals surface area (Å²) in [4.78, 5) is 19.1. The molecule has 1 aliphatic heterocycles. The lowest BCUT2D eigenvalue weighted by atomic mass is 9.96. The van der Waals surface area contributed by atoms with Crippen LogP contribution >= 0.6 is 23.3 Å². The van der Waals surface area contributed by atoms with Crippen molar-refractivity contribution in [2.75, 3.05) is 22.9 Å². The van der Waals surface area contributed by atoms with Crippen LogP contribution in [0.1, 0.15) is 12.1 Å². The number of rotatable bonds is 3. The fourth-order valence-corrected chi connectivity index (χ4v) is 3.99. The molecule has 2 radical (unpaired) electrons. The van der Waals surface area contributed by atoms with Crippen LogP contribution in [0.2, 0.25) is 0 Å². The van der Waals surface area contributed by atoms with Crippen molar-refractivity contribution in [1.29, 1.82) is 0 Å². The molecule has 2 aromatic rings. The van der Waals surface area contributed by atoms with Gasteiger partial charge >= 0.3 is 12.2 Å². The van der Waals surface area contributed by atoms with E-state index in [2.05, 4.69) is 4.98 Å². The number of nitrogens with two attached hydrogens (primary N) is 1. The Balaban J connectivity index is 1.91. The molecule has 0 bridgehead atoms. The smallest absolute Gasteiger partial charge is 0.294 e. The van der Waals surface area contributed by atoms with Crippen LogP contribution in [0.3, 0.4) is 0 Å². The summed E-state index contributed by atoms with van der Waals surface area (Å²) in [5.41, 5.74) is 0.131. The molecule has 1 saturated heterocycles. The summed E-state index contributed by atoms with van der Waals surface area (Å²) in [6.45, 7) is 0.763. The third kappa shape index (κ3) is 3.63. The Morgan fingerprint density at radius 3 is 2.40 bits per heavy atom. The van der Waals surface area contributed by atoms with Gasteiger partial charge in [-0.25, -0.2) is 9.78 Å². The van der Waals surface area contributed by atoms with Gasteiger partial charge in [0.1, 0.15) is 12.1 Å². The minimum Gasteiger partial charge on any atom is -0.294 e. The zero-order valence-corrected chi connectivity index (χ0v) is 14.4. The van der Waals surface area contributed by atoms with E-state index in [0.717, 1.165) is 11.3 Å². The Labute approximate surface area is 151 Å². The maximum Gasteiger partial charge on any atom is 0.435 e. The third-order valence-corrected chi connectivity index (χ3v) is 5.44. The predicted octanol–water partition coefficient (Wildman–Crippen LogP) is 2.76. The van der Waals surface area contributed by atoms with Crippen molar-refractivity contribution in [3.05, 3.63) is 30.0 Å². The first-order valence-electron chi connectivity index (χ1n) is 7.20. The maximum atomic E-state index is 13.0. The van der Waals surface area contributed by atoms with Crippen molar-refractivity contribution in [3.8, 4) is 0 Å². The molecule has 25 heavy (non-hydrogen) atoms. The van der Waals surface area contributed by atoms with Crippen LogP contribution in [0, 0.1) is 0 Å². The molecule has 1 fully saturated rings. The molecular weight excluding hydrogens is 372 g/mol. The number of hydrogen-bond acceptors (Lipinski definition) is 5. The van der Waals surface area contributed by atoms with Gasteiger partial charge in [-0.2, -0.15) is 13.2 Å². The number of benzene rings is 1. The molecule has 1 aromatic heterocycles. The van der Waals surface area contributed by atoms with Crippen molar-refractivity contribution < 1.29 is 18.0 Å². The van der Waals surface area contributed by atoms with Gasteiger partial charge in [0, 0.05) is 18.8 Å². The number of urea groups is 1. The fourth-order valence-electron chi connectivity index (χ4n) is 2.46. The van der Waals surface area contributed by atoms with E-state index < -0.39 is 17.9 Å².